The Bertz CT molecular complexity index is 1390. The summed E-state index contributed by atoms with van der Waals surface area (Å²) in [4.78, 5) is 29.4. The van der Waals surface area contributed by atoms with Gasteiger partial charge in [0.25, 0.3) is 0 Å². The van der Waals surface area contributed by atoms with Gasteiger partial charge in [0, 0.05) is 38.0 Å². The summed E-state index contributed by atoms with van der Waals surface area (Å²) in [5.74, 6) is -1.57. The van der Waals surface area contributed by atoms with E-state index in [0.717, 1.165) is 41.6 Å². The number of carbonyl (C=O) groups excluding carboxylic acids is 2. The van der Waals surface area contributed by atoms with E-state index in [1.165, 1.54) is 0 Å². The third-order valence-corrected chi connectivity index (χ3v) is 10.0. The molecule has 2 amide bonds. The van der Waals surface area contributed by atoms with E-state index >= 15 is 0 Å². The standard InChI is InChI=1S/C36H51N3O7/c1-24-11-16-28(36-32(42)30(40)22-35(46-36,23-45-36)34(2,3)44)21-27(24)20-26-14-12-25(13-15-26)8-6-10-31(41)39-18-7-9-29(39)33(43)37-17-19-38(4)5/h11-16,21,29-30,32,40,42,44H,6-10,17-20,22-23H2,1-5H3,(H,37,43)/t29-,30+,32-,35-,36+/m1/s1. The number of likely N-dealkylation sites (tertiary alicyclic amines) is 1. The number of nitrogens with one attached hydrogen (secondary N) is 1. The van der Waals surface area contributed by atoms with E-state index in [1.54, 1.807) is 18.7 Å². The Morgan fingerprint density at radius 1 is 1.11 bits per heavy atom. The van der Waals surface area contributed by atoms with Crippen molar-refractivity contribution < 1.29 is 34.4 Å². The average Bonchev–Trinajstić information content (AvgIpc) is 3.63. The van der Waals surface area contributed by atoms with Crippen LogP contribution >= 0.6 is 0 Å². The highest BCUT2D eigenvalue weighted by molar-refractivity contribution is 5.88. The lowest BCUT2D eigenvalue weighted by Crippen LogP contribution is -2.62. The minimum atomic E-state index is -1.56. The number of aryl methyl sites for hydroxylation is 2. The molecule has 2 bridgehead atoms. The maximum Gasteiger partial charge on any atom is 0.242 e. The second-order valence-electron chi connectivity index (χ2n) is 14.2. The lowest BCUT2D eigenvalue weighted by Gasteiger charge is -2.48. The van der Waals surface area contributed by atoms with Crippen molar-refractivity contribution in [1.29, 1.82) is 0 Å². The number of nitrogens with zero attached hydrogens (tertiary/aromatic N) is 2. The van der Waals surface area contributed by atoms with Crippen molar-refractivity contribution in [2.45, 2.75) is 101 Å². The summed E-state index contributed by atoms with van der Waals surface area (Å²) in [6.07, 6.45) is 1.79. The molecule has 3 heterocycles. The Kier molecular flexibility index (Phi) is 10.3. The highest BCUT2D eigenvalue weighted by Gasteiger charge is 2.67. The number of carbonyl (C=O) groups is 2. The Morgan fingerprint density at radius 3 is 2.52 bits per heavy atom. The molecule has 0 spiro atoms. The molecular weight excluding hydrogens is 586 g/mol. The Balaban J connectivity index is 1.18. The van der Waals surface area contributed by atoms with Crippen molar-refractivity contribution in [2.75, 3.05) is 40.3 Å². The van der Waals surface area contributed by atoms with Crippen LogP contribution in [0.25, 0.3) is 0 Å². The molecule has 3 saturated heterocycles. The van der Waals surface area contributed by atoms with Crippen molar-refractivity contribution in [3.05, 3.63) is 70.3 Å². The average molecular weight is 638 g/mol. The molecule has 0 radical (unpaired) electrons. The van der Waals surface area contributed by atoms with Crippen LogP contribution in [0, 0.1) is 6.92 Å². The van der Waals surface area contributed by atoms with Crippen LogP contribution in [-0.4, -0.2) is 107 Å². The van der Waals surface area contributed by atoms with Crippen LogP contribution in [0.5, 0.6) is 0 Å². The fourth-order valence-corrected chi connectivity index (χ4v) is 6.95. The predicted octanol–water partition coefficient (Wildman–Crippen LogP) is 2.41. The highest BCUT2D eigenvalue weighted by atomic mass is 16.8. The first-order valence-electron chi connectivity index (χ1n) is 16.6. The molecule has 5 atom stereocenters. The van der Waals surface area contributed by atoms with Crippen molar-refractivity contribution >= 4 is 11.8 Å². The SMILES string of the molecule is Cc1ccc([C@@]23OC[C@@](C(C)(C)O)(C[C@H](O)[C@H]2O)O3)cc1Cc1ccc(CCCC(=O)N2CCC[C@@H]2C(=O)NCCN(C)C)cc1. The summed E-state index contributed by atoms with van der Waals surface area (Å²) >= 11 is 0. The van der Waals surface area contributed by atoms with E-state index < -0.39 is 29.2 Å². The topological polar surface area (TPSA) is 132 Å². The van der Waals surface area contributed by atoms with Crippen LogP contribution in [-0.2, 0) is 37.7 Å². The molecule has 0 aliphatic carbocycles. The number of aliphatic hydroxyl groups is 3. The Hall–Kier alpha value is -2.86. The number of aliphatic hydroxyl groups excluding tert-OH is 2. The number of hydrogen-bond acceptors (Lipinski definition) is 8. The number of amides is 2. The van der Waals surface area contributed by atoms with Crippen molar-refractivity contribution in [2.24, 2.45) is 0 Å². The van der Waals surface area contributed by atoms with Gasteiger partial charge in [-0.05, 0) is 95.3 Å². The second kappa shape index (κ2) is 13.7. The van der Waals surface area contributed by atoms with Gasteiger partial charge < -0.3 is 39.9 Å². The summed E-state index contributed by atoms with van der Waals surface area (Å²) in [5, 5.41) is 35.7. The van der Waals surface area contributed by atoms with Crippen LogP contribution in [0.3, 0.4) is 0 Å². The van der Waals surface area contributed by atoms with Gasteiger partial charge >= 0.3 is 0 Å². The number of ether oxygens (including phenoxy) is 2. The normalized spacial score (nSPS) is 27.8. The minimum Gasteiger partial charge on any atom is -0.390 e. The quantitative estimate of drug-likeness (QED) is 0.279. The lowest BCUT2D eigenvalue weighted by molar-refractivity contribution is -0.319. The Morgan fingerprint density at radius 2 is 1.83 bits per heavy atom. The number of fused-ring (bicyclic) bond motifs is 2. The van der Waals surface area contributed by atoms with Crippen LogP contribution in [0.1, 0.15) is 73.8 Å². The molecule has 0 aromatic heterocycles. The zero-order valence-electron chi connectivity index (χ0n) is 27.9. The molecule has 46 heavy (non-hydrogen) atoms. The third kappa shape index (κ3) is 7.02. The summed E-state index contributed by atoms with van der Waals surface area (Å²) < 4.78 is 12.5. The maximum atomic E-state index is 13.0. The van der Waals surface area contributed by atoms with Crippen molar-refractivity contribution in [3.63, 3.8) is 0 Å². The first-order valence-corrected chi connectivity index (χ1v) is 16.6. The molecule has 252 valence electrons. The van der Waals surface area contributed by atoms with Gasteiger partial charge in [0.05, 0.1) is 18.3 Å². The zero-order chi connectivity index (χ0) is 33.3. The molecule has 0 saturated carbocycles. The van der Waals surface area contributed by atoms with E-state index in [2.05, 4.69) is 29.6 Å². The van der Waals surface area contributed by atoms with Crippen LogP contribution in [0.15, 0.2) is 42.5 Å². The van der Waals surface area contributed by atoms with Crippen LogP contribution in [0.2, 0.25) is 0 Å². The molecule has 3 aliphatic rings. The monoisotopic (exact) mass is 637 g/mol. The molecule has 10 heteroatoms. The molecule has 4 N–H and O–H groups in total. The van der Waals surface area contributed by atoms with E-state index in [0.29, 0.717) is 44.3 Å². The molecule has 2 aromatic rings. The first kappa shape index (κ1) is 34.5. The maximum absolute atomic E-state index is 13.0. The van der Waals surface area contributed by atoms with Crippen LogP contribution < -0.4 is 5.32 Å². The molecular formula is C36H51N3O7. The fourth-order valence-electron chi connectivity index (χ4n) is 6.95. The molecule has 5 rings (SSSR count). The highest BCUT2D eigenvalue weighted by Crippen LogP contribution is 2.53. The van der Waals surface area contributed by atoms with Gasteiger partial charge in [0.1, 0.15) is 17.7 Å². The molecule has 10 nitrogen and oxygen atoms in total. The predicted molar refractivity (Wildman–Crippen MR) is 174 cm³/mol. The van der Waals surface area contributed by atoms with Gasteiger partial charge in [0.15, 0.2) is 0 Å². The number of likely N-dealkylation sites (N-methyl/N-ethyl adjacent to an activating group) is 1. The minimum absolute atomic E-state index is 0.0438. The first-order chi connectivity index (χ1) is 21.7. The summed E-state index contributed by atoms with van der Waals surface area (Å²) in [6.45, 7) is 7.34. The number of rotatable bonds is 12. The summed E-state index contributed by atoms with van der Waals surface area (Å²) in [6, 6.07) is 13.8. The van der Waals surface area contributed by atoms with Gasteiger partial charge in [-0.25, -0.2) is 0 Å². The van der Waals surface area contributed by atoms with Gasteiger partial charge in [-0.1, -0.05) is 36.4 Å². The van der Waals surface area contributed by atoms with E-state index in [-0.39, 0.29) is 30.9 Å². The molecule has 3 aliphatic heterocycles. The lowest BCUT2D eigenvalue weighted by atomic mass is 9.77. The van der Waals surface area contributed by atoms with E-state index in [9.17, 15) is 24.9 Å². The largest absolute Gasteiger partial charge is 0.390 e. The van der Waals surface area contributed by atoms with Crippen LogP contribution in [0.4, 0.5) is 0 Å². The Labute approximate surface area is 272 Å². The van der Waals surface area contributed by atoms with E-state index in [1.807, 2.05) is 44.1 Å². The number of hydrogen-bond donors (Lipinski definition) is 4. The summed E-state index contributed by atoms with van der Waals surface area (Å²) in [7, 11) is 3.93. The molecule has 0 unspecified atom stereocenters. The van der Waals surface area contributed by atoms with Gasteiger partial charge in [0.2, 0.25) is 17.6 Å². The fraction of sp³-hybridized carbons (Fsp3) is 0.611. The van der Waals surface area contributed by atoms with Gasteiger partial charge in [-0.2, -0.15) is 0 Å². The number of benzene rings is 2. The second-order valence-corrected chi connectivity index (χ2v) is 14.2. The van der Waals surface area contributed by atoms with Gasteiger partial charge in [-0.15, -0.1) is 0 Å². The molecule has 3 fully saturated rings. The van der Waals surface area contributed by atoms with Gasteiger partial charge in [-0.3, -0.25) is 9.59 Å². The smallest absolute Gasteiger partial charge is 0.242 e. The summed E-state index contributed by atoms with van der Waals surface area (Å²) in [5.41, 5.74) is 2.57. The zero-order valence-corrected chi connectivity index (χ0v) is 27.9. The van der Waals surface area contributed by atoms with Crippen molar-refractivity contribution in [1.82, 2.24) is 15.1 Å². The van der Waals surface area contributed by atoms with Crippen molar-refractivity contribution in [3.8, 4) is 0 Å². The molecule has 2 aromatic carbocycles. The van der Waals surface area contributed by atoms with E-state index in [4.69, 9.17) is 9.47 Å². The third-order valence-electron chi connectivity index (χ3n) is 10.0.